The van der Waals surface area contributed by atoms with Crippen LogP contribution in [0.15, 0.2) is 24.3 Å². The highest BCUT2D eigenvalue weighted by atomic mass is 16.5. The fourth-order valence-corrected chi connectivity index (χ4v) is 3.02. The van der Waals surface area contributed by atoms with Gasteiger partial charge < -0.3 is 15.0 Å². The highest BCUT2D eigenvalue weighted by Crippen LogP contribution is 2.22. The quantitative estimate of drug-likeness (QED) is 0.705. The van der Waals surface area contributed by atoms with Crippen LogP contribution >= 0.6 is 0 Å². The Kier molecular flexibility index (Phi) is 7.04. The van der Waals surface area contributed by atoms with Crippen LogP contribution in [0.5, 0.6) is 5.75 Å². The first-order valence-corrected chi connectivity index (χ1v) is 8.43. The molecular weight excluding hydrogens is 260 g/mol. The molecule has 3 heteroatoms. The predicted octanol–water partition coefficient (Wildman–Crippen LogP) is 3.44. The maximum atomic E-state index is 6.02. The molecule has 0 aliphatic heterocycles. The summed E-state index contributed by atoms with van der Waals surface area (Å²) in [5.74, 6) is 1.03. The minimum absolute atomic E-state index is 0.773. The molecule has 1 saturated carbocycles. The lowest BCUT2D eigenvalue weighted by atomic mass is 10.2. The number of hydrogen-bond donors (Lipinski definition) is 1. The number of benzene rings is 1. The van der Waals surface area contributed by atoms with Crippen LogP contribution in [0.4, 0.5) is 0 Å². The van der Waals surface area contributed by atoms with Crippen LogP contribution in [-0.4, -0.2) is 37.7 Å². The van der Waals surface area contributed by atoms with Crippen molar-refractivity contribution in [3.8, 4) is 5.75 Å². The van der Waals surface area contributed by atoms with Gasteiger partial charge in [-0.15, -0.1) is 0 Å². The van der Waals surface area contributed by atoms with Gasteiger partial charge in [-0.05, 0) is 38.9 Å². The van der Waals surface area contributed by atoms with Crippen molar-refractivity contribution >= 4 is 0 Å². The van der Waals surface area contributed by atoms with Gasteiger partial charge in [0.15, 0.2) is 0 Å². The van der Waals surface area contributed by atoms with E-state index in [9.17, 15) is 0 Å². The van der Waals surface area contributed by atoms with Gasteiger partial charge in [0.1, 0.15) is 12.4 Å². The van der Waals surface area contributed by atoms with E-state index in [1.54, 1.807) is 0 Å². The Balaban J connectivity index is 1.76. The van der Waals surface area contributed by atoms with E-state index in [-0.39, 0.29) is 0 Å². The Labute approximate surface area is 129 Å². The summed E-state index contributed by atoms with van der Waals surface area (Å²) < 4.78 is 6.02. The van der Waals surface area contributed by atoms with Crippen molar-refractivity contribution in [3.05, 3.63) is 29.8 Å². The minimum atomic E-state index is 0.773. The standard InChI is InChI=1S/C18H30N2O/c1-3-12-19-15-16-8-4-7-11-18(16)21-14-13-20(2)17-9-5-6-10-17/h4,7-8,11,17,19H,3,5-6,9-10,12-15H2,1-2H3. The molecule has 1 aliphatic carbocycles. The molecular formula is C18H30N2O. The van der Waals surface area contributed by atoms with E-state index in [0.717, 1.165) is 44.5 Å². The van der Waals surface area contributed by atoms with Crippen molar-refractivity contribution in [1.82, 2.24) is 10.2 Å². The number of rotatable bonds is 9. The SMILES string of the molecule is CCCNCc1ccccc1OCCN(C)C1CCCC1. The van der Waals surface area contributed by atoms with Gasteiger partial charge in [-0.25, -0.2) is 0 Å². The Bertz CT molecular complexity index is 402. The summed E-state index contributed by atoms with van der Waals surface area (Å²) in [7, 11) is 2.23. The van der Waals surface area contributed by atoms with Crippen molar-refractivity contribution in [1.29, 1.82) is 0 Å². The maximum Gasteiger partial charge on any atom is 0.123 e. The second kappa shape index (κ2) is 9.06. The second-order valence-electron chi connectivity index (χ2n) is 6.05. The fraction of sp³-hybridized carbons (Fsp3) is 0.667. The van der Waals surface area contributed by atoms with Gasteiger partial charge >= 0.3 is 0 Å². The predicted molar refractivity (Wildman–Crippen MR) is 88.8 cm³/mol. The third-order valence-corrected chi connectivity index (χ3v) is 4.36. The molecule has 0 radical (unpaired) electrons. The number of ether oxygens (including phenoxy) is 1. The molecule has 0 amide bonds. The molecule has 1 N–H and O–H groups in total. The van der Waals surface area contributed by atoms with Crippen molar-refractivity contribution in [2.24, 2.45) is 0 Å². The van der Waals surface area contributed by atoms with Crippen LogP contribution in [0.1, 0.15) is 44.6 Å². The monoisotopic (exact) mass is 290 g/mol. The molecule has 0 unspecified atom stereocenters. The van der Waals surface area contributed by atoms with Crippen LogP contribution in [0, 0.1) is 0 Å². The van der Waals surface area contributed by atoms with E-state index in [2.05, 4.69) is 48.5 Å². The van der Waals surface area contributed by atoms with Gasteiger partial charge in [-0.3, -0.25) is 0 Å². The summed E-state index contributed by atoms with van der Waals surface area (Å²) in [6.45, 7) is 5.93. The largest absolute Gasteiger partial charge is 0.492 e. The van der Waals surface area contributed by atoms with Crippen molar-refractivity contribution < 1.29 is 4.74 Å². The zero-order valence-corrected chi connectivity index (χ0v) is 13.6. The molecule has 0 atom stereocenters. The Morgan fingerprint density at radius 2 is 2.00 bits per heavy atom. The first kappa shape index (κ1) is 16.3. The lowest BCUT2D eigenvalue weighted by Crippen LogP contribution is -2.32. The molecule has 0 bridgehead atoms. The third kappa shape index (κ3) is 5.33. The van der Waals surface area contributed by atoms with Gasteiger partial charge in [0.2, 0.25) is 0 Å². The molecule has 0 aromatic heterocycles. The van der Waals surface area contributed by atoms with Gasteiger partial charge in [-0.1, -0.05) is 38.0 Å². The summed E-state index contributed by atoms with van der Waals surface area (Å²) in [5, 5.41) is 3.45. The number of nitrogens with zero attached hydrogens (tertiary/aromatic N) is 1. The van der Waals surface area contributed by atoms with Crippen LogP contribution in [0.25, 0.3) is 0 Å². The Hall–Kier alpha value is -1.06. The van der Waals surface area contributed by atoms with E-state index in [1.807, 2.05) is 0 Å². The Morgan fingerprint density at radius 1 is 1.24 bits per heavy atom. The fourth-order valence-electron chi connectivity index (χ4n) is 3.02. The Morgan fingerprint density at radius 3 is 2.76 bits per heavy atom. The molecule has 1 aliphatic rings. The lowest BCUT2D eigenvalue weighted by molar-refractivity contribution is 0.192. The summed E-state index contributed by atoms with van der Waals surface area (Å²) >= 11 is 0. The van der Waals surface area contributed by atoms with Crippen molar-refractivity contribution in [2.75, 3.05) is 26.7 Å². The summed E-state index contributed by atoms with van der Waals surface area (Å²) in [6, 6.07) is 9.15. The smallest absolute Gasteiger partial charge is 0.123 e. The molecule has 2 rings (SSSR count). The maximum absolute atomic E-state index is 6.02. The first-order chi connectivity index (χ1) is 10.3. The van der Waals surface area contributed by atoms with Crippen LogP contribution in [0.3, 0.4) is 0 Å². The van der Waals surface area contributed by atoms with Gasteiger partial charge in [-0.2, -0.15) is 0 Å². The zero-order chi connectivity index (χ0) is 14.9. The summed E-state index contributed by atoms with van der Waals surface area (Å²) in [6.07, 6.45) is 6.65. The highest BCUT2D eigenvalue weighted by Gasteiger charge is 2.19. The number of hydrogen-bond acceptors (Lipinski definition) is 3. The van der Waals surface area contributed by atoms with Crippen LogP contribution < -0.4 is 10.1 Å². The average molecular weight is 290 g/mol. The molecule has 0 spiro atoms. The molecule has 118 valence electrons. The molecule has 3 nitrogen and oxygen atoms in total. The first-order valence-electron chi connectivity index (χ1n) is 8.43. The highest BCUT2D eigenvalue weighted by molar-refractivity contribution is 5.33. The average Bonchev–Trinajstić information content (AvgIpc) is 3.03. The molecule has 1 aromatic rings. The van der Waals surface area contributed by atoms with Crippen LogP contribution in [-0.2, 0) is 6.54 Å². The van der Waals surface area contributed by atoms with E-state index in [1.165, 1.54) is 31.2 Å². The van der Waals surface area contributed by atoms with E-state index >= 15 is 0 Å². The van der Waals surface area contributed by atoms with Crippen molar-refractivity contribution in [3.63, 3.8) is 0 Å². The van der Waals surface area contributed by atoms with Gasteiger partial charge in [0.05, 0.1) is 0 Å². The van der Waals surface area contributed by atoms with Gasteiger partial charge in [0, 0.05) is 24.7 Å². The number of likely N-dealkylation sites (N-methyl/N-ethyl adjacent to an activating group) is 1. The summed E-state index contributed by atoms with van der Waals surface area (Å²) in [5.41, 5.74) is 1.26. The third-order valence-electron chi connectivity index (χ3n) is 4.36. The summed E-state index contributed by atoms with van der Waals surface area (Å²) in [4.78, 5) is 2.46. The van der Waals surface area contributed by atoms with Gasteiger partial charge in [0.25, 0.3) is 0 Å². The van der Waals surface area contributed by atoms with Crippen molar-refractivity contribution in [2.45, 2.75) is 51.6 Å². The number of para-hydroxylation sites is 1. The van der Waals surface area contributed by atoms with E-state index in [4.69, 9.17) is 4.74 Å². The molecule has 1 fully saturated rings. The van der Waals surface area contributed by atoms with E-state index < -0.39 is 0 Å². The topological polar surface area (TPSA) is 24.5 Å². The van der Waals surface area contributed by atoms with Crippen LogP contribution in [0.2, 0.25) is 0 Å². The van der Waals surface area contributed by atoms with E-state index in [0.29, 0.717) is 0 Å². The molecule has 21 heavy (non-hydrogen) atoms. The minimum Gasteiger partial charge on any atom is -0.492 e. The molecule has 1 aromatic carbocycles. The molecule has 0 saturated heterocycles. The lowest BCUT2D eigenvalue weighted by Gasteiger charge is -2.24. The zero-order valence-electron chi connectivity index (χ0n) is 13.6. The second-order valence-corrected chi connectivity index (χ2v) is 6.05. The molecule has 0 heterocycles. The number of nitrogens with one attached hydrogen (secondary N) is 1. The normalized spacial score (nSPS) is 15.8.